The Labute approximate surface area is 117 Å². The Morgan fingerprint density at radius 3 is 2.79 bits per heavy atom. The van der Waals surface area contributed by atoms with Gasteiger partial charge in [0.1, 0.15) is 0 Å². The maximum Gasteiger partial charge on any atom is 0.216 e. The summed E-state index contributed by atoms with van der Waals surface area (Å²) in [6.45, 7) is 7.23. The zero-order chi connectivity index (χ0) is 14.1. The van der Waals surface area contributed by atoms with Crippen molar-refractivity contribution in [1.29, 1.82) is 0 Å². The second-order valence-corrected chi connectivity index (χ2v) is 7.02. The first-order chi connectivity index (χ1) is 9.11. The Morgan fingerprint density at radius 1 is 1.32 bits per heavy atom. The van der Waals surface area contributed by atoms with Crippen LogP contribution in [-0.4, -0.2) is 57.4 Å². The van der Waals surface area contributed by atoms with Gasteiger partial charge in [0.25, 0.3) is 0 Å². The molecule has 1 saturated heterocycles. The zero-order valence-corrected chi connectivity index (χ0v) is 13.0. The molecule has 0 aromatic rings. The molecule has 0 amide bonds. The maximum absolute atomic E-state index is 12.3. The van der Waals surface area contributed by atoms with Crippen molar-refractivity contribution in [3.63, 3.8) is 0 Å². The monoisotopic (exact) mass is 292 g/mol. The summed E-state index contributed by atoms with van der Waals surface area (Å²) < 4.78 is 31.5. The Hall–Kier alpha value is -0.170. The fraction of sp³-hybridized carbons (Fsp3) is 1.00. The fourth-order valence-corrected chi connectivity index (χ4v) is 4.02. The van der Waals surface area contributed by atoms with Gasteiger partial charge in [-0.1, -0.05) is 13.3 Å². The van der Waals surface area contributed by atoms with Gasteiger partial charge in [-0.2, -0.15) is 4.31 Å². The summed E-state index contributed by atoms with van der Waals surface area (Å²) in [6.07, 6.45) is 4.13. The van der Waals surface area contributed by atoms with Gasteiger partial charge in [-0.3, -0.25) is 0 Å². The molecule has 0 aromatic carbocycles. The van der Waals surface area contributed by atoms with Gasteiger partial charge in [0, 0.05) is 25.7 Å². The lowest BCUT2D eigenvalue weighted by Crippen LogP contribution is -2.49. The largest absolute Gasteiger partial charge is 0.381 e. The van der Waals surface area contributed by atoms with E-state index in [-0.39, 0.29) is 11.8 Å². The van der Waals surface area contributed by atoms with Gasteiger partial charge in [0.05, 0.1) is 12.4 Å². The van der Waals surface area contributed by atoms with Crippen LogP contribution in [0.5, 0.6) is 0 Å². The molecule has 5 nitrogen and oxygen atoms in total. The molecule has 6 heteroatoms. The van der Waals surface area contributed by atoms with Crippen LogP contribution in [0.1, 0.15) is 39.5 Å². The summed E-state index contributed by atoms with van der Waals surface area (Å²) in [5.41, 5.74) is 0. The summed E-state index contributed by atoms with van der Waals surface area (Å²) in [7, 11) is -3.17. The Balaban J connectivity index is 2.54. The topological polar surface area (TPSA) is 58.6 Å². The van der Waals surface area contributed by atoms with Crippen molar-refractivity contribution in [2.24, 2.45) is 0 Å². The standard InChI is InChI=1S/C13H28N2O3S/c1-3-8-14-12-13-7-5-6-9-15(13)19(16,17)11-10-18-4-2/h13-14H,3-12H2,1-2H3. The van der Waals surface area contributed by atoms with Crippen molar-refractivity contribution >= 4 is 10.0 Å². The molecule has 0 spiro atoms. The van der Waals surface area contributed by atoms with Gasteiger partial charge in [-0.25, -0.2) is 8.42 Å². The molecule has 1 unspecified atom stereocenters. The number of ether oxygens (including phenoxy) is 1. The van der Waals surface area contributed by atoms with Crippen LogP contribution in [0.25, 0.3) is 0 Å². The SMILES string of the molecule is CCCNCC1CCCCN1S(=O)(=O)CCOCC. The van der Waals surface area contributed by atoms with E-state index in [0.29, 0.717) is 19.8 Å². The second kappa shape index (κ2) is 8.89. The van der Waals surface area contributed by atoms with E-state index in [1.165, 1.54) is 0 Å². The molecule has 114 valence electrons. The van der Waals surface area contributed by atoms with E-state index in [1.807, 2.05) is 6.92 Å². The molecule has 1 aliphatic rings. The number of hydrogen-bond donors (Lipinski definition) is 1. The average Bonchev–Trinajstić information content (AvgIpc) is 2.40. The first kappa shape index (κ1) is 16.9. The van der Waals surface area contributed by atoms with Crippen molar-refractivity contribution in [1.82, 2.24) is 9.62 Å². The minimum atomic E-state index is -3.17. The maximum atomic E-state index is 12.3. The third-order valence-electron chi connectivity index (χ3n) is 3.43. The van der Waals surface area contributed by atoms with Crippen molar-refractivity contribution < 1.29 is 13.2 Å². The average molecular weight is 292 g/mol. The van der Waals surface area contributed by atoms with E-state index >= 15 is 0 Å². The van der Waals surface area contributed by atoms with Crippen LogP contribution in [0.15, 0.2) is 0 Å². The van der Waals surface area contributed by atoms with E-state index < -0.39 is 10.0 Å². The van der Waals surface area contributed by atoms with Crippen molar-refractivity contribution in [3.8, 4) is 0 Å². The van der Waals surface area contributed by atoms with Crippen LogP contribution in [0.2, 0.25) is 0 Å². The van der Waals surface area contributed by atoms with Gasteiger partial charge >= 0.3 is 0 Å². The van der Waals surface area contributed by atoms with Crippen LogP contribution < -0.4 is 5.32 Å². The summed E-state index contributed by atoms with van der Waals surface area (Å²) in [5, 5.41) is 3.34. The molecule has 0 saturated carbocycles. The van der Waals surface area contributed by atoms with E-state index in [4.69, 9.17) is 4.74 Å². The van der Waals surface area contributed by atoms with Gasteiger partial charge in [0.15, 0.2) is 0 Å². The molecule has 1 atom stereocenters. The fourth-order valence-electron chi connectivity index (χ4n) is 2.42. The molecule has 19 heavy (non-hydrogen) atoms. The number of rotatable bonds is 9. The molecule has 0 bridgehead atoms. The predicted molar refractivity (Wildman–Crippen MR) is 77.8 cm³/mol. The number of hydrogen-bond acceptors (Lipinski definition) is 4. The molecular formula is C13H28N2O3S. The van der Waals surface area contributed by atoms with Crippen LogP contribution in [-0.2, 0) is 14.8 Å². The van der Waals surface area contributed by atoms with E-state index in [1.54, 1.807) is 4.31 Å². The van der Waals surface area contributed by atoms with Gasteiger partial charge < -0.3 is 10.1 Å². The van der Waals surface area contributed by atoms with E-state index in [0.717, 1.165) is 38.8 Å². The Morgan fingerprint density at radius 2 is 2.11 bits per heavy atom. The van der Waals surface area contributed by atoms with E-state index in [9.17, 15) is 8.42 Å². The zero-order valence-electron chi connectivity index (χ0n) is 12.2. The third kappa shape index (κ3) is 5.77. The molecule has 0 aromatic heterocycles. The summed E-state index contributed by atoms with van der Waals surface area (Å²) in [4.78, 5) is 0. The number of nitrogens with one attached hydrogen (secondary N) is 1. The van der Waals surface area contributed by atoms with Crippen LogP contribution >= 0.6 is 0 Å². The molecule has 1 fully saturated rings. The van der Waals surface area contributed by atoms with Crippen LogP contribution in [0, 0.1) is 0 Å². The normalized spacial score (nSPS) is 21.7. The summed E-state index contributed by atoms with van der Waals surface area (Å²) in [5.74, 6) is 0.102. The Kier molecular flexibility index (Phi) is 7.90. The molecular weight excluding hydrogens is 264 g/mol. The lowest BCUT2D eigenvalue weighted by atomic mass is 10.1. The molecule has 0 aliphatic carbocycles. The molecule has 1 N–H and O–H groups in total. The van der Waals surface area contributed by atoms with Crippen molar-refractivity contribution in [2.75, 3.05) is 38.6 Å². The van der Waals surface area contributed by atoms with Crippen LogP contribution in [0.4, 0.5) is 0 Å². The predicted octanol–water partition coefficient (Wildman–Crippen LogP) is 1.21. The summed E-state index contributed by atoms with van der Waals surface area (Å²) >= 11 is 0. The van der Waals surface area contributed by atoms with Gasteiger partial charge in [-0.15, -0.1) is 0 Å². The smallest absolute Gasteiger partial charge is 0.216 e. The highest BCUT2D eigenvalue weighted by Gasteiger charge is 2.31. The highest BCUT2D eigenvalue weighted by molar-refractivity contribution is 7.89. The Bertz CT molecular complexity index is 333. The molecule has 1 heterocycles. The van der Waals surface area contributed by atoms with Crippen molar-refractivity contribution in [3.05, 3.63) is 0 Å². The van der Waals surface area contributed by atoms with E-state index in [2.05, 4.69) is 12.2 Å². The first-order valence-corrected chi connectivity index (χ1v) is 9.00. The lowest BCUT2D eigenvalue weighted by Gasteiger charge is -2.34. The molecule has 0 radical (unpaired) electrons. The minimum Gasteiger partial charge on any atom is -0.381 e. The second-order valence-electron chi connectivity index (χ2n) is 4.98. The minimum absolute atomic E-state index is 0.102. The quantitative estimate of drug-likeness (QED) is 0.649. The highest BCUT2D eigenvalue weighted by Crippen LogP contribution is 2.20. The number of piperidine rings is 1. The van der Waals surface area contributed by atoms with Gasteiger partial charge in [-0.05, 0) is 32.7 Å². The summed E-state index contributed by atoms with van der Waals surface area (Å²) in [6, 6.07) is 0.118. The van der Waals surface area contributed by atoms with Crippen molar-refractivity contribution in [2.45, 2.75) is 45.6 Å². The van der Waals surface area contributed by atoms with Crippen LogP contribution in [0.3, 0.4) is 0 Å². The third-order valence-corrected chi connectivity index (χ3v) is 5.30. The molecule has 1 aliphatic heterocycles. The lowest BCUT2D eigenvalue weighted by molar-refractivity contribution is 0.161. The number of sulfonamides is 1. The first-order valence-electron chi connectivity index (χ1n) is 7.39. The number of nitrogens with zero attached hydrogens (tertiary/aromatic N) is 1. The highest BCUT2D eigenvalue weighted by atomic mass is 32.2. The van der Waals surface area contributed by atoms with Gasteiger partial charge in [0.2, 0.25) is 10.0 Å². The molecule has 1 rings (SSSR count).